The molecule has 1 aromatic heterocycles. The summed E-state index contributed by atoms with van der Waals surface area (Å²) >= 11 is 0. The van der Waals surface area contributed by atoms with Gasteiger partial charge >= 0.3 is 0 Å². The number of anilines is 1. The third kappa shape index (κ3) is 5.18. The molecule has 1 fully saturated rings. The molecule has 0 radical (unpaired) electrons. The first-order valence-electron chi connectivity index (χ1n) is 9.69. The molecule has 0 unspecified atom stereocenters. The summed E-state index contributed by atoms with van der Waals surface area (Å²) in [5.41, 5.74) is 1.27. The fourth-order valence-corrected chi connectivity index (χ4v) is 3.25. The fourth-order valence-electron chi connectivity index (χ4n) is 3.25. The Morgan fingerprint density at radius 2 is 1.93 bits per heavy atom. The van der Waals surface area contributed by atoms with Gasteiger partial charge in [0.2, 0.25) is 11.8 Å². The highest BCUT2D eigenvalue weighted by atomic mass is 16.5. The zero-order valence-electron chi connectivity index (χ0n) is 16.3. The van der Waals surface area contributed by atoms with Crippen molar-refractivity contribution < 1.29 is 9.53 Å². The predicted octanol–water partition coefficient (Wildman–Crippen LogP) is 3.57. The van der Waals surface area contributed by atoms with Crippen LogP contribution in [0.5, 0.6) is 11.6 Å². The molecule has 144 valence electrons. The van der Waals surface area contributed by atoms with Crippen molar-refractivity contribution >= 4 is 11.7 Å². The monoisotopic (exact) mass is 368 g/mol. The zero-order valence-corrected chi connectivity index (χ0v) is 16.3. The van der Waals surface area contributed by atoms with Crippen LogP contribution < -0.4 is 15.0 Å². The molecular formula is C21H28N4O2. The van der Waals surface area contributed by atoms with Crippen molar-refractivity contribution in [1.82, 2.24) is 15.3 Å². The van der Waals surface area contributed by atoms with E-state index in [4.69, 9.17) is 4.74 Å². The highest BCUT2D eigenvalue weighted by Gasteiger charge is 2.26. The van der Waals surface area contributed by atoms with E-state index in [0.29, 0.717) is 5.88 Å². The molecule has 0 spiro atoms. The third-order valence-corrected chi connectivity index (χ3v) is 4.80. The number of nitrogens with one attached hydrogen (secondary N) is 1. The maximum Gasteiger partial charge on any atom is 0.224 e. The lowest BCUT2D eigenvalue weighted by Gasteiger charge is -2.32. The number of nitrogens with zero attached hydrogens (tertiary/aromatic N) is 3. The fraction of sp³-hybridized carbons (Fsp3) is 0.476. The second kappa shape index (κ2) is 8.84. The van der Waals surface area contributed by atoms with E-state index in [1.807, 2.05) is 32.0 Å². The summed E-state index contributed by atoms with van der Waals surface area (Å²) < 4.78 is 5.87. The highest BCUT2D eigenvalue weighted by Crippen LogP contribution is 2.26. The van der Waals surface area contributed by atoms with E-state index in [1.165, 1.54) is 11.9 Å². The van der Waals surface area contributed by atoms with Gasteiger partial charge in [-0.3, -0.25) is 4.79 Å². The number of piperidine rings is 1. The predicted molar refractivity (Wildman–Crippen MR) is 106 cm³/mol. The van der Waals surface area contributed by atoms with Gasteiger partial charge in [-0.05, 0) is 50.8 Å². The number of benzene rings is 1. The molecule has 6 heteroatoms. The minimum Gasteiger partial charge on any atom is -0.439 e. The van der Waals surface area contributed by atoms with Crippen LogP contribution in [0.3, 0.4) is 0 Å². The number of aromatic nitrogens is 2. The molecule has 2 aromatic rings. The first-order chi connectivity index (χ1) is 13.0. The Labute approximate surface area is 161 Å². The lowest BCUT2D eigenvalue weighted by molar-refractivity contribution is -0.126. The maximum atomic E-state index is 12.2. The van der Waals surface area contributed by atoms with Crippen LogP contribution in [-0.4, -0.2) is 35.0 Å². The molecule has 1 aliphatic heterocycles. The van der Waals surface area contributed by atoms with Crippen molar-refractivity contribution in [3.8, 4) is 11.6 Å². The molecule has 2 heterocycles. The van der Waals surface area contributed by atoms with Gasteiger partial charge < -0.3 is 15.0 Å². The molecule has 0 bridgehead atoms. The third-order valence-electron chi connectivity index (χ3n) is 4.80. The Balaban J connectivity index is 1.60. The van der Waals surface area contributed by atoms with E-state index in [1.54, 1.807) is 0 Å². The number of ether oxygens (including phenoxy) is 1. The summed E-state index contributed by atoms with van der Waals surface area (Å²) in [7, 11) is 0. The summed E-state index contributed by atoms with van der Waals surface area (Å²) in [6.45, 7) is 7.72. The van der Waals surface area contributed by atoms with E-state index in [9.17, 15) is 4.79 Å². The molecule has 6 nitrogen and oxygen atoms in total. The molecule has 0 atom stereocenters. The Hall–Kier alpha value is -2.63. The molecule has 1 N–H and O–H groups in total. The van der Waals surface area contributed by atoms with Crippen LogP contribution >= 0.6 is 0 Å². The SMILES string of the molecule is CCc1ccc(Oc2cc(N3CCC(C(=O)NC(C)C)CC3)ncn2)cc1. The second-order valence-corrected chi connectivity index (χ2v) is 7.24. The smallest absolute Gasteiger partial charge is 0.224 e. The van der Waals surface area contributed by atoms with Gasteiger partial charge in [0.15, 0.2) is 0 Å². The van der Waals surface area contributed by atoms with Gasteiger partial charge in [-0.2, -0.15) is 0 Å². The van der Waals surface area contributed by atoms with Crippen molar-refractivity contribution in [2.45, 2.75) is 46.1 Å². The highest BCUT2D eigenvalue weighted by molar-refractivity contribution is 5.79. The number of hydrogen-bond donors (Lipinski definition) is 1. The zero-order chi connectivity index (χ0) is 19.2. The minimum atomic E-state index is 0.0817. The molecular weight excluding hydrogens is 340 g/mol. The lowest BCUT2D eigenvalue weighted by atomic mass is 9.95. The van der Waals surface area contributed by atoms with Gasteiger partial charge in [-0.15, -0.1) is 0 Å². The van der Waals surface area contributed by atoms with Crippen LogP contribution in [0.4, 0.5) is 5.82 Å². The van der Waals surface area contributed by atoms with Gasteiger partial charge in [0.25, 0.3) is 0 Å². The van der Waals surface area contributed by atoms with Crippen molar-refractivity contribution in [2.75, 3.05) is 18.0 Å². The summed E-state index contributed by atoms with van der Waals surface area (Å²) in [6.07, 6.45) is 4.19. The average Bonchev–Trinajstić information content (AvgIpc) is 2.68. The molecule has 27 heavy (non-hydrogen) atoms. The minimum absolute atomic E-state index is 0.0817. The molecule has 1 aromatic carbocycles. The van der Waals surface area contributed by atoms with E-state index in [0.717, 1.165) is 43.9 Å². The van der Waals surface area contributed by atoms with Gasteiger partial charge in [0.1, 0.15) is 17.9 Å². The van der Waals surface area contributed by atoms with Crippen LogP contribution in [0.2, 0.25) is 0 Å². The summed E-state index contributed by atoms with van der Waals surface area (Å²) in [5.74, 6) is 2.38. The second-order valence-electron chi connectivity index (χ2n) is 7.24. The van der Waals surface area contributed by atoms with Crippen molar-refractivity contribution in [2.24, 2.45) is 5.92 Å². The number of rotatable bonds is 6. The van der Waals surface area contributed by atoms with Crippen LogP contribution in [0.25, 0.3) is 0 Å². The van der Waals surface area contributed by atoms with Gasteiger partial charge in [-0.25, -0.2) is 9.97 Å². The summed E-state index contributed by atoms with van der Waals surface area (Å²) in [4.78, 5) is 23.0. The quantitative estimate of drug-likeness (QED) is 0.844. The Morgan fingerprint density at radius 3 is 2.56 bits per heavy atom. The topological polar surface area (TPSA) is 67.3 Å². The van der Waals surface area contributed by atoms with E-state index in [2.05, 4.69) is 39.2 Å². The number of aryl methyl sites for hydroxylation is 1. The summed E-state index contributed by atoms with van der Waals surface area (Å²) in [5, 5.41) is 3.01. The van der Waals surface area contributed by atoms with Crippen molar-refractivity contribution in [3.05, 3.63) is 42.2 Å². The first kappa shape index (κ1) is 19.1. The van der Waals surface area contributed by atoms with E-state index >= 15 is 0 Å². The van der Waals surface area contributed by atoms with Crippen LogP contribution in [-0.2, 0) is 11.2 Å². The van der Waals surface area contributed by atoms with Crippen molar-refractivity contribution in [1.29, 1.82) is 0 Å². The van der Waals surface area contributed by atoms with Gasteiger partial charge in [-0.1, -0.05) is 19.1 Å². The number of amides is 1. The first-order valence-corrected chi connectivity index (χ1v) is 9.69. The van der Waals surface area contributed by atoms with E-state index in [-0.39, 0.29) is 17.9 Å². The Morgan fingerprint density at radius 1 is 1.22 bits per heavy atom. The molecule has 0 saturated carbocycles. The normalized spacial score (nSPS) is 15.0. The molecule has 1 amide bonds. The van der Waals surface area contributed by atoms with Gasteiger partial charge in [0, 0.05) is 31.1 Å². The molecule has 1 aliphatic rings. The Kier molecular flexibility index (Phi) is 6.27. The summed E-state index contributed by atoms with van der Waals surface area (Å²) in [6, 6.07) is 10.1. The van der Waals surface area contributed by atoms with Crippen LogP contribution in [0.15, 0.2) is 36.7 Å². The maximum absolute atomic E-state index is 12.2. The Bertz CT molecular complexity index is 753. The molecule has 1 saturated heterocycles. The average molecular weight is 368 g/mol. The lowest BCUT2D eigenvalue weighted by Crippen LogP contribution is -2.42. The number of carbonyl (C=O) groups is 1. The largest absolute Gasteiger partial charge is 0.439 e. The number of hydrogen-bond acceptors (Lipinski definition) is 5. The van der Waals surface area contributed by atoms with E-state index < -0.39 is 0 Å². The molecule has 3 rings (SSSR count). The molecule has 0 aliphatic carbocycles. The standard InChI is InChI=1S/C21H28N4O2/c1-4-16-5-7-18(8-6-16)27-20-13-19(22-14-23-20)25-11-9-17(10-12-25)21(26)24-15(2)3/h5-8,13-15,17H,4,9-12H2,1-3H3,(H,24,26). The van der Waals surface area contributed by atoms with Gasteiger partial charge in [0.05, 0.1) is 0 Å². The number of carbonyl (C=O) groups excluding carboxylic acids is 1. The van der Waals surface area contributed by atoms with Crippen LogP contribution in [0.1, 0.15) is 39.2 Å². The van der Waals surface area contributed by atoms with Crippen molar-refractivity contribution in [3.63, 3.8) is 0 Å². The van der Waals surface area contributed by atoms with Crippen LogP contribution in [0, 0.1) is 5.92 Å².